The van der Waals surface area contributed by atoms with Gasteiger partial charge in [-0.15, -0.1) is 0 Å². The first-order valence-electron chi connectivity index (χ1n) is 8.99. The summed E-state index contributed by atoms with van der Waals surface area (Å²) in [6, 6.07) is 0. The van der Waals surface area contributed by atoms with Crippen LogP contribution in [0.1, 0.15) is 96.8 Å². The highest BCUT2D eigenvalue weighted by Gasteiger charge is 2.06. The van der Waals surface area contributed by atoms with E-state index in [1.54, 1.807) is 0 Å². The lowest BCUT2D eigenvalue weighted by Crippen LogP contribution is -2.03. The average molecular weight is 300 g/mol. The second kappa shape index (κ2) is 15.8. The van der Waals surface area contributed by atoms with Gasteiger partial charge in [0.15, 0.2) is 0 Å². The van der Waals surface area contributed by atoms with Crippen LogP contribution in [-0.4, -0.2) is 22.8 Å². The van der Waals surface area contributed by atoms with E-state index in [1.165, 1.54) is 70.6 Å². The summed E-state index contributed by atoms with van der Waals surface area (Å²) in [4.78, 5) is 10.5. The third-order valence-corrected chi connectivity index (χ3v) is 4.13. The fourth-order valence-corrected chi connectivity index (χ4v) is 2.77. The molecule has 0 heterocycles. The van der Waals surface area contributed by atoms with Crippen molar-refractivity contribution >= 4 is 5.97 Å². The standard InChI is InChI=1S/C18H36O3/c1-17(16-18(20)21)14-12-10-8-6-4-2-3-5-7-9-11-13-15-19/h17,19H,2-16H2,1H3,(H,20,21). The van der Waals surface area contributed by atoms with Gasteiger partial charge in [0.2, 0.25) is 0 Å². The van der Waals surface area contributed by atoms with Crippen LogP contribution < -0.4 is 0 Å². The zero-order valence-corrected chi connectivity index (χ0v) is 14.0. The van der Waals surface area contributed by atoms with E-state index in [-0.39, 0.29) is 0 Å². The van der Waals surface area contributed by atoms with E-state index >= 15 is 0 Å². The third kappa shape index (κ3) is 17.4. The fourth-order valence-electron chi connectivity index (χ4n) is 2.77. The van der Waals surface area contributed by atoms with Crippen molar-refractivity contribution in [3.63, 3.8) is 0 Å². The van der Waals surface area contributed by atoms with E-state index in [9.17, 15) is 4.79 Å². The molecule has 3 nitrogen and oxygen atoms in total. The van der Waals surface area contributed by atoms with Crippen LogP contribution in [0.25, 0.3) is 0 Å². The number of aliphatic hydroxyl groups excluding tert-OH is 1. The molecule has 0 saturated carbocycles. The van der Waals surface area contributed by atoms with Crippen LogP contribution in [0.15, 0.2) is 0 Å². The Morgan fingerprint density at radius 2 is 1.14 bits per heavy atom. The van der Waals surface area contributed by atoms with Crippen LogP contribution in [0.2, 0.25) is 0 Å². The van der Waals surface area contributed by atoms with Gasteiger partial charge in [-0.1, -0.05) is 84.0 Å². The van der Waals surface area contributed by atoms with Crippen LogP contribution in [0.3, 0.4) is 0 Å². The van der Waals surface area contributed by atoms with E-state index in [2.05, 4.69) is 0 Å². The minimum absolute atomic E-state index is 0.318. The Labute approximate surface area is 131 Å². The van der Waals surface area contributed by atoms with Gasteiger partial charge in [0.25, 0.3) is 0 Å². The molecular formula is C18H36O3. The molecule has 0 bridgehead atoms. The highest BCUT2D eigenvalue weighted by Crippen LogP contribution is 2.15. The number of aliphatic carboxylic acids is 1. The number of carboxylic acid groups (broad SMARTS) is 1. The van der Waals surface area contributed by atoms with Crippen molar-refractivity contribution < 1.29 is 15.0 Å². The number of rotatable bonds is 16. The monoisotopic (exact) mass is 300 g/mol. The number of unbranched alkanes of at least 4 members (excludes halogenated alkanes) is 11. The van der Waals surface area contributed by atoms with Crippen molar-refractivity contribution in [2.45, 2.75) is 96.8 Å². The van der Waals surface area contributed by atoms with Gasteiger partial charge < -0.3 is 10.2 Å². The molecule has 126 valence electrons. The second-order valence-corrected chi connectivity index (χ2v) is 6.46. The van der Waals surface area contributed by atoms with E-state index < -0.39 is 5.97 Å². The first-order valence-corrected chi connectivity index (χ1v) is 8.99. The molecule has 1 unspecified atom stereocenters. The molecule has 0 amide bonds. The van der Waals surface area contributed by atoms with Gasteiger partial charge in [-0.2, -0.15) is 0 Å². The zero-order valence-electron chi connectivity index (χ0n) is 14.0. The highest BCUT2D eigenvalue weighted by atomic mass is 16.4. The molecule has 0 spiro atoms. The van der Waals surface area contributed by atoms with Crippen molar-refractivity contribution in [1.82, 2.24) is 0 Å². The largest absolute Gasteiger partial charge is 0.481 e. The lowest BCUT2D eigenvalue weighted by molar-refractivity contribution is -0.138. The molecule has 0 aromatic carbocycles. The number of carbonyl (C=O) groups is 1. The van der Waals surface area contributed by atoms with Gasteiger partial charge in [0, 0.05) is 13.0 Å². The molecule has 0 rings (SSSR count). The fraction of sp³-hybridized carbons (Fsp3) is 0.944. The maximum absolute atomic E-state index is 10.5. The first-order chi connectivity index (χ1) is 10.2. The Bertz CT molecular complexity index is 229. The molecule has 0 aliphatic carbocycles. The van der Waals surface area contributed by atoms with Gasteiger partial charge in [0.05, 0.1) is 0 Å². The molecule has 21 heavy (non-hydrogen) atoms. The second-order valence-electron chi connectivity index (χ2n) is 6.46. The quantitative estimate of drug-likeness (QED) is 0.387. The van der Waals surface area contributed by atoms with Crippen molar-refractivity contribution in [1.29, 1.82) is 0 Å². The van der Waals surface area contributed by atoms with E-state index in [0.717, 1.165) is 12.8 Å². The van der Waals surface area contributed by atoms with Gasteiger partial charge >= 0.3 is 5.97 Å². The van der Waals surface area contributed by atoms with Crippen LogP contribution in [0.5, 0.6) is 0 Å². The van der Waals surface area contributed by atoms with Crippen LogP contribution >= 0.6 is 0 Å². The number of aliphatic hydroxyl groups is 1. The molecule has 0 radical (unpaired) electrons. The normalized spacial score (nSPS) is 12.5. The number of carboxylic acids is 1. The minimum atomic E-state index is -0.668. The minimum Gasteiger partial charge on any atom is -0.481 e. The highest BCUT2D eigenvalue weighted by molar-refractivity contribution is 5.66. The Kier molecular flexibility index (Phi) is 15.4. The van der Waals surface area contributed by atoms with Gasteiger partial charge in [-0.25, -0.2) is 0 Å². The Morgan fingerprint density at radius 3 is 1.52 bits per heavy atom. The Hall–Kier alpha value is -0.570. The molecule has 1 atom stereocenters. The van der Waals surface area contributed by atoms with E-state index in [1.807, 2.05) is 6.92 Å². The van der Waals surface area contributed by atoms with E-state index in [0.29, 0.717) is 18.9 Å². The molecular weight excluding hydrogens is 264 g/mol. The molecule has 0 aliphatic heterocycles. The molecule has 0 aromatic rings. The summed E-state index contributed by atoms with van der Waals surface area (Å²) in [6.45, 7) is 2.38. The lowest BCUT2D eigenvalue weighted by Gasteiger charge is -2.07. The summed E-state index contributed by atoms with van der Waals surface area (Å²) in [7, 11) is 0. The summed E-state index contributed by atoms with van der Waals surface area (Å²) in [5.74, 6) is -0.341. The predicted octanol–water partition coefficient (Wildman–Crippen LogP) is 5.16. The van der Waals surface area contributed by atoms with Crippen molar-refractivity contribution in [3.8, 4) is 0 Å². The lowest BCUT2D eigenvalue weighted by atomic mass is 9.99. The predicted molar refractivity (Wildman–Crippen MR) is 88.5 cm³/mol. The van der Waals surface area contributed by atoms with Gasteiger partial charge in [0.1, 0.15) is 0 Å². The van der Waals surface area contributed by atoms with Crippen molar-refractivity contribution in [2.24, 2.45) is 5.92 Å². The zero-order chi connectivity index (χ0) is 15.8. The number of hydrogen-bond donors (Lipinski definition) is 2. The van der Waals surface area contributed by atoms with Crippen molar-refractivity contribution in [2.75, 3.05) is 6.61 Å². The molecule has 3 heteroatoms. The third-order valence-electron chi connectivity index (χ3n) is 4.13. The first kappa shape index (κ1) is 20.4. The topological polar surface area (TPSA) is 57.5 Å². The molecule has 0 aliphatic rings. The molecule has 0 aromatic heterocycles. The smallest absolute Gasteiger partial charge is 0.303 e. The maximum atomic E-state index is 10.5. The Morgan fingerprint density at radius 1 is 0.762 bits per heavy atom. The van der Waals surface area contributed by atoms with E-state index in [4.69, 9.17) is 10.2 Å². The SMILES string of the molecule is CC(CCCCCCCCCCCCCCO)CC(=O)O. The van der Waals surface area contributed by atoms with Crippen LogP contribution in [0, 0.1) is 5.92 Å². The Balaban J connectivity index is 3.07. The summed E-state index contributed by atoms with van der Waals surface area (Å²) < 4.78 is 0. The summed E-state index contributed by atoms with van der Waals surface area (Å²) in [5, 5.41) is 17.3. The average Bonchev–Trinajstić information content (AvgIpc) is 2.43. The van der Waals surface area contributed by atoms with Crippen LogP contribution in [-0.2, 0) is 4.79 Å². The van der Waals surface area contributed by atoms with Crippen molar-refractivity contribution in [3.05, 3.63) is 0 Å². The molecule has 0 fully saturated rings. The molecule has 2 N–H and O–H groups in total. The van der Waals surface area contributed by atoms with Crippen LogP contribution in [0.4, 0.5) is 0 Å². The summed E-state index contributed by atoms with van der Waals surface area (Å²) in [5.41, 5.74) is 0. The number of hydrogen-bond acceptors (Lipinski definition) is 2. The maximum Gasteiger partial charge on any atom is 0.303 e. The van der Waals surface area contributed by atoms with Gasteiger partial charge in [-0.3, -0.25) is 4.79 Å². The summed E-state index contributed by atoms with van der Waals surface area (Å²) >= 11 is 0. The molecule has 0 saturated heterocycles. The van der Waals surface area contributed by atoms with Gasteiger partial charge in [-0.05, 0) is 12.3 Å². The summed E-state index contributed by atoms with van der Waals surface area (Å²) in [6.07, 6.45) is 16.6.